The molecule has 1 fully saturated rings. The van der Waals surface area contributed by atoms with E-state index in [1.807, 2.05) is 12.5 Å². The zero-order chi connectivity index (χ0) is 10.7. The van der Waals surface area contributed by atoms with E-state index in [2.05, 4.69) is 34.8 Å². The summed E-state index contributed by atoms with van der Waals surface area (Å²) in [6, 6.07) is 0.729. The number of allylic oxidation sites excluding steroid dienone is 1. The Morgan fingerprint density at radius 2 is 2.40 bits per heavy atom. The molecule has 0 radical (unpaired) electrons. The van der Waals surface area contributed by atoms with Crippen LogP contribution >= 0.6 is 0 Å². The van der Waals surface area contributed by atoms with Gasteiger partial charge in [0.15, 0.2) is 0 Å². The van der Waals surface area contributed by atoms with Crippen molar-refractivity contribution >= 4 is 0 Å². The molecule has 0 bridgehead atoms. The summed E-state index contributed by atoms with van der Waals surface area (Å²) in [5.41, 5.74) is 2.66. The second kappa shape index (κ2) is 4.62. The van der Waals surface area contributed by atoms with Crippen molar-refractivity contribution in [2.45, 2.75) is 39.3 Å². The van der Waals surface area contributed by atoms with E-state index in [0.29, 0.717) is 0 Å². The molecule has 0 unspecified atom stereocenters. The van der Waals surface area contributed by atoms with E-state index in [1.165, 1.54) is 24.1 Å². The van der Waals surface area contributed by atoms with Gasteiger partial charge in [-0.1, -0.05) is 11.6 Å². The van der Waals surface area contributed by atoms with Gasteiger partial charge in [-0.3, -0.25) is 0 Å². The predicted molar refractivity (Wildman–Crippen MR) is 61.6 cm³/mol. The van der Waals surface area contributed by atoms with Gasteiger partial charge in [-0.25, -0.2) is 4.98 Å². The summed E-state index contributed by atoms with van der Waals surface area (Å²) in [5, 5.41) is 3.40. The SMILES string of the molecule is CC(C)=CCNCc1cncn1C1CC1. The average Bonchev–Trinajstić information content (AvgIpc) is 2.93. The topological polar surface area (TPSA) is 29.9 Å². The van der Waals surface area contributed by atoms with Crippen LogP contribution < -0.4 is 5.32 Å². The van der Waals surface area contributed by atoms with Crippen molar-refractivity contribution in [3.05, 3.63) is 29.9 Å². The minimum atomic E-state index is 0.729. The standard InChI is InChI=1S/C12H19N3/c1-10(2)5-6-13-7-12-8-14-9-15(12)11-3-4-11/h5,8-9,11,13H,3-4,6-7H2,1-2H3. The van der Waals surface area contributed by atoms with Gasteiger partial charge in [-0.15, -0.1) is 0 Å². The van der Waals surface area contributed by atoms with Crippen LogP contribution in [0.15, 0.2) is 24.2 Å². The maximum absolute atomic E-state index is 4.20. The van der Waals surface area contributed by atoms with Crippen molar-refractivity contribution in [3.63, 3.8) is 0 Å². The molecule has 1 heterocycles. The van der Waals surface area contributed by atoms with Crippen LogP contribution in [0.25, 0.3) is 0 Å². The quantitative estimate of drug-likeness (QED) is 0.590. The first-order valence-corrected chi connectivity index (χ1v) is 5.62. The van der Waals surface area contributed by atoms with E-state index in [1.54, 1.807) is 0 Å². The predicted octanol–water partition coefficient (Wildman–Crippen LogP) is 2.27. The number of nitrogens with one attached hydrogen (secondary N) is 1. The van der Waals surface area contributed by atoms with Gasteiger partial charge in [-0.05, 0) is 26.7 Å². The summed E-state index contributed by atoms with van der Waals surface area (Å²) in [7, 11) is 0. The smallest absolute Gasteiger partial charge is 0.0951 e. The van der Waals surface area contributed by atoms with Crippen LogP contribution in [0.5, 0.6) is 0 Å². The molecule has 0 aliphatic heterocycles. The van der Waals surface area contributed by atoms with Gasteiger partial charge < -0.3 is 9.88 Å². The Kier molecular flexibility index (Phi) is 3.21. The van der Waals surface area contributed by atoms with Crippen LogP contribution in [-0.4, -0.2) is 16.1 Å². The number of aromatic nitrogens is 2. The van der Waals surface area contributed by atoms with E-state index >= 15 is 0 Å². The molecule has 82 valence electrons. The molecule has 15 heavy (non-hydrogen) atoms. The molecule has 0 spiro atoms. The van der Waals surface area contributed by atoms with Gasteiger partial charge in [0.05, 0.1) is 12.0 Å². The molecule has 1 aliphatic carbocycles. The maximum atomic E-state index is 4.20. The summed E-state index contributed by atoms with van der Waals surface area (Å²) < 4.78 is 2.30. The first-order chi connectivity index (χ1) is 7.27. The molecule has 3 nitrogen and oxygen atoms in total. The third-order valence-corrected chi connectivity index (χ3v) is 2.65. The molecular weight excluding hydrogens is 186 g/mol. The molecule has 1 aromatic rings. The van der Waals surface area contributed by atoms with Crippen molar-refractivity contribution in [1.29, 1.82) is 0 Å². The number of imidazole rings is 1. The van der Waals surface area contributed by atoms with Crippen LogP contribution in [0, 0.1) is 0 Å². The van der Waals surface area contributed by atoms with Crippen molar-refractivity contribution in [2.24, 2.45) is 0 Å². The minimum Gasteiger partial charge on any atom is -0.330 e. The zero-order valence-electron chi connectivity index (χ0n) is 9.53. The summed E-state index contributed by atoms with van der Waals surface area (Å²) in [5.74, 6) is 0. The Morgan fingerprint density at radius 3 is 3.07 bits per heavy atom. The number of hydrogen-bond acceptors (Lipinski definition) is 2. The molecule has 0 amide bonds. The van der Waals surface area contributed by atoms with Gasteiger partial charge >= 0.3 is 0 Å². The summed E-state index contributed by atoms with van der Waals surface area (Å²) in [4.78, 5) is 4.20. The highest BCUT2D eigenvalue weighted by molar-refractivity contribution is 5.04. The lowest BCUT2D eigenvalue weighted by Gasteiger charge is -2.06. The lowest BCUT2D eigenvalue weighted by atomic mass is 10.3. The minimum absolute atomic E-state index is 0.729. The highest BCUT2D eigenvalue weighted by Crippen LogP contribution is 2.35. The number of rotatable bonds is 5. The third kappa shape index (κ3) is 2.93. The van der Waals surface area contributed by atoms with Gasteiger partial charge in [0.25, 0.3) is 0 Å². The van der Waals surface area contributed by atoms with E-state index in [-0.39, 0.29) is 0 Å². The lowest BCUT2D eigenvalue weighted by Crippen LogP contribution is -2.15. The molecule has 1 N–H and O–H groups in total. The molecule has 0 aromatic carbocycles. The van der Waals surface area contributed by atoms with E-state index < -0.39 is 0 Å². The van der Waals surface area contributed by atoms with Crippen molar-refractivity contribution in [3.8, 4) is 0 Å². The number of nitrogens with zero attached hydrogens (tertiary/aromatic N) is 2. The van der Waals surface area contributed by atoms with Crippen LogP contribution in [0.4, 0.5) is 0 Å². The second-order valence-corrected chi connectivity index (χ2v) is 4.44. The second-order valence-electron chi connectivity index (χ2n) is 4.44. The van der Waals surface area contributed by atoms with Crippen LogP contribution in [-0.2, 0) is 6.54 Å². The molecule has 2 rings (SSSR count). The molecule has 1 saturated carbocycles. The van der Waals surface area contributed by atoms with Crippen LogP contribution in [0.1, 0.15) is 38.4 Å². The average molecular weight is 205 g/mol. The fraction of sp³-hybridized carbons (Fsp3) is 0.583. The van der Waals surface area contributed by atoms with Gasteiger partial charge in [0, 0.05) is 25.3 Å². The summed E-state index contributed by atoms with van der Waals surface area (Å²) in [6.45, 7) is 6.10. The molecule has 1 aliphatic rings. The van der Waals surface area contributed by atoms with Gasteiger partial charge in [0.1, 0.15) is 0 Å². The molecule has 1 aromatic heterocycles. The maximum Gasteiger partial charge on any atom is 0.0951 e. The Balaban J connectivity index is 1.82. The first-order valence-electron chi connectivity index (χ1n) is 5.62. The van der Waals surface area contributed by atoms with Crippen LogP contribution in [0.3, 0.4) is 0 Å². The normalized spacial score (nSPS) is 15.3. The molecule has 3 heteroatoms. The Labute approximate surface area is 91.2 Å². The van der Waals surface area contributed by atoms with E-state index in [0.717, 1.165) is 19.1 Å². The Hall–Kier alpha value is -1.09. The molecule has 0 atom stereocenters. The van der Waals surface area contributed by atoms with Gasteiger partial charge in [-0.2, -0.15) is 0 Å². The Morgan fingerprint density at radius 1 is 1.60 bits per heavy atom. The van der Waals surface area contributed by atoms with E-state index in [4.69, 9.17) is 0 Å². The van der Waals surface area contributed by atoms with E-state index in [9.17, 15) is 0 Å². The summed E-state index contributed by atoms with van der Waals surface area (Å²) in [6.07, 6.45) is 8.76. The van der Waals surface area contributed by atoms with Crippen molar-refractivity contribution in [2.75, 3.05) is 6.54 Å². The fourth-order valence-corrected chi connectivity index (χ4v) is 1.63. The molecular formula is C12H19N3. The highest BCUT2D eigenvalue weighted by atomic mass is 15.1. The van der Waals surface area contributed by atoms with Crippen molar-refractivity contribution < 1.29 is 0 Å². The largest absolute Gasteiger partial charge is 0.330 e. The van der Waals surface area contributed by atoms with Crippen molar-refractivity contribution in [1.82, 2.24) is 14.9 Å². The monoisotopic (exact) mass is 205 g/mol. The molecule has 0 saturated heterocycles. The number of hydrogen-bond donors (Lipinski definition) is 1. The van der Waals surface area contributed by atoms with Gasteiger partial charge in [0.2, 0.25) is 0 Å². The first kappa shape index (κ1) is 10.4. The zero-order valence-corrected chi connectivity index (χ0v) is 9.53. The fourth-order valence-electron chi connectivity index (χ4n) is 1.63. The third-order valence-electron chi connectivity index (χ3n) is 2.65. The highest BCUT2D eigenvalue weighted by Gasteiger charge is 2.24. The van der Waals surface area contributed by atoms with Crippen LogP contribution in [0.2, 0.25) is 0 Å². The summed E-state index contributed by atoms with van der Waals surface area (Å²) >= 11 is 0. The Bertz CT molecular complexity index is 344. The lowest BCUT2D eigenvalue weighted by molar-refractivity contribution is 0.646.